The Balaban J connectivity index is 2.28. The van der Waals surface area contributed by atoms with Crippen molar-refractivity contribution in [1.82, 2.24) is 4.98 Å². The molecule has 1 heterocycles. The quantitative estimate of drug-likeness (QED) is 0.485. The minimum atomic E-state index is -0.487. The summed E-state index contributed by atoms with van der Waals surface area (Å²) >= 11 is 12.5. The molecule has 0 bridgehead atoms. The number of benzene rings is 2. The molecule has 0 atom stereocenters. The molecule has 3 aromatic rings. The third-order valence-corrected chi connectivity index (χ3v) is 4.35. The topological polar surface area (TPSA) is 30.0 Å². The lowest BCUT2D eigenvalue weighted by atomic mass is 10.0. The van der Waals surface area contributed by atoms with Gasteiger partial charge in [0.15, 0.2) is 0 Å². The van der Waals surface area contributed by atoms with E-state index in [0.29, 0.717) is 5.56 Å². The molecule has 0 radical (unpaired) electrons. The van der Waals surface area contributed by atoms with Crippen LogP contribution in [0.25, 0.3) is 22.2 Å². The molecule has 0 N–H and O–H groups in total. The number of hydrogen-bond donors (Lipinski definition) is 0. The fourth-order valence-corrected chi connectivity index (χ4v) is 2.91. The van der Waals surface area contributed by atoms with Gasteiger partial charge in [0, 0.05) is 25.5 Å². The molecule has 1 aromatic heterocycles. The summed E-state index contributed by atoms with van der Waals surface area (Å²) in [5.41, 5.74) is 2.85. The third-order valence-electron chi connectivity index (χ3n) is 3.12. The van der Waals surface area contributed by atoms with E-state index >= 15 is 0 Å². The second-order valence-electron chi connectivity index (χ2n) is 4.50. The Bertz CT molecular complexity index is 847. The molecule has 2 aromatic carbocycles. The van der Waals surface area contributed by atoms with Gasteiger partial charge in [-0.2, -0.15) is 0 Å². The number of fused-ring (bicyclic) bond motifs is 1. The van der Waals surface area contributed by atoms with Crippen LogP contribution in [0, 0.1) is 0 Å². The molecular weight excluding hydrogens is 417 g/mol. The maximum Gasteiger partial charge on any atom is 0.253 e. The van der Waals surface area contributed by atoms with Crippen molar-refractivity contribution in [1.29, 1.82) is 0 Å². The molecule has 0 saturated carbocycles. The van der Waals surface area contributed by atoms with E-state index in [1.54, 1.807) is 6.07 Å². The van der Waals surface area contributed by atoms with Crippen LogP contribution in [0.2, 0.25) is 0 Å². The van der Waals surface area contributed by atoms with Crippen molar-refractivity contribution >= 4 is 59.6 Å². The molecule has 3 rings (SSSR count). The summed E-state index contributed by atoms with van der Waals surface area (Å²) in [6, 6.07) is 15.1. The van der Waals surface area contributed by atoms with E-state index in [-0.39, 0.29) is 0 Å². The fourth-order valence-electron chi connectivity index (χ4n) is 2.13. The largest absolute Gasteiger partial charge is 0.276 e. The molecule has 0 fully saturated rings. The predicted octanol–water partition coefficient (Wildman–Crippen LogP) is 5.81. The molecule has 0 amide bonds. The van der Waals surface area contributed by atoms with Crippen molar-refractivity contribution < 1.29 is 4.79 Å². The van der Waals surface area contributed by atoms with Gasteiger partial charge in [-0.3, -0.25) is 4.79 Å². The normalized spacial score (nSPS) is 10.8. The molecule has 21 heavy (non-hydrogen) atoms. The number of pyridine rings is 1. The van der Waals surface area contributed by atoms with Crippen molar-refractivity contribution in [2.75, 3.05) is 0 Å². The van der Waals surface area contributed by atoms with Crippen molar-refractivity contribution in [3.63, 3.8) is 0 Å². The average molecular weight is 426 g/mol. The van der Waals surface area contributed by atoms with Crippen LogP contribution in [0.1, 0.15) is 10.4 Å². The Morgan fingerprint density at radius 2 is 1.62 bits per heavy atom. The highest BCUT2D eigenvalue weighted by Crippen LogP contribution is 2.28. The summed E-state index contributed by atoms with van der Waals surface area (Å²) in [7, 11) is 0. The van der Waals surface area contributed by atoms with Gasteiger partial charge in [0.25, 0.3) is 5.24 Å². The van der Waals surface area contributed by atoms with Crippen LogP contribution in [-0.4, -0.2) is 10.2 Å². The first-order chi connectivity index (χ1) is 10.0. The van der Waals surface area contributed by atoms with E-state index in [0.717, 1.165) is 31.1 Å². The minimum Gasteiger partial charge on any atom is -0.276 e. The third kappa shape index (κ3) is 3.03. The molecular formula is C16H8Br2ClNO. The second-order valence-corrected chi connectivity index (χ2v) is 6.67. The van der Waals surface area contributed by atoms with Crippen molar-refractivity contribution in [2.45, 2.75) is 0 Å². The molecule has 5 heteroatoms. The standard InChI is InChI=1S/C16H8Br2ClNO/c17-10-3-1-9(2-4-10)15-8-13(16(19)21)12-7-11(18)5-6-14(12)20-15/h1-8H. The van der Waals surface area contributed by atoms with Gasteiger partial charge in [0.1, 0.15) is 0 Å². The monoisotopic (exact) mass is 423 g/mol. The molecule has 0 saturated heterocycles. The number of nitrogens with zero attached hydrogens (tertiary/aromatic N) is 1. The molecule has 104 valence electrons. The molecule has 2 nitrogen and oxygen atoms in total. The summed E-state index contributed by atoms with van der Waals surface area (Å²) < 4.78 is 1.87. The van der Waals surface area contributed by atoms with Crippen LogP contribution in [0.3, 0.4) is 0 Å². The van der Waals surface area contributed by atoms with Gasteiger partial charge in [-0.1, -0.05) is 44.0 Å². The number of hydrogen-bond acceptors (Lipinski definition) is 2. The molecule has 0 aliphatic rings. The van der Waals surface area contributed by atoms with Crippen LogP contribution in [0.15, 0.2) is 57.5 Å². The predicted molar refractivity (Wildman–Crippen MR) is 92.8 cm³/mol. The van der Waals surface area contributed by atoms with Gasteiger partial charge >= 0.3 is 0 Å². The van der Waals surface area contributed by atoms with Gasteiger partial charge in [-0.15, -0.1) is 0 Å². The van der Waals surface area contributed by atoms with E-state index in [9.17, 15) is 4.79 Å². The zero-order valence-electron chi connectivity index (χ0n) is 10.6. The zero-order chi connectivity index (χ0) is 15.0. The summed E-state index contributed by atoms with van der Waals surface area (Å²) in [4.78, 5) is 16.3. The molecule has 0 aliphatic carbocycles. The maximum atomic E-state index is 11.7. The number of aromatic nitrogens is 1. The van der Waals surface area contributed by atoms with E-state index in [2.05, 4.69) is 36.8 Å². The van der Waals surface area contributed by atoms with Crippen molar-refractivity contribution in [3.8, 4) is 11.3 Å². The van der Waals surface area contributed by atoms with E-state index in [1.165, 1.54) is 0 Å². The highest BCUT2D eigenvalue weighted by molar-refractivity contribution is 9.10. The lowest BCUT2D eigenvalue weighted by Gasteiger charge is -2.08. The minimum absolute atomic E-state index is 0.459. The van der Waals surface area contributed by atoms with Gasteiger partial charge in [0.05, 0.1) is 11.2 Å². The Kier molecular flexibility index (Phi) is 4.11. The van der Waals surface area contributed by atoms with Gasteiger partial charge in [0.2, 0.25) is 0 Å². The smallest absolute Gasteiger partial charge is 0.253 e. The van der Waals surface area contributed by atoms with Crippen LogP contribution >= 0.6 is 43.5 Å². The Morgan fingerprint density at radius 1 is 0.952 bits per heavy atom. The number of carbonyl (C=O) groups is 1. The average Bonchev–Trinajstić information content (AvgIpc) is 2.46. The summed E-state index contributed by atoms with van der Waals surface area (Å²) in [6.07, 6.45) is 0. The van der Waals surface area contributed by atoms with Crippen LogP contribution < -0.4 is 0 Å². The first-order valence-electron chi connectivity index (χ1n) is 6.11. The van der Waals surface area contributed by atoms with E-state index < -0.39 is 5.24 Å². The highest BCUT2D eigenvalue weighted by atomic mass is 79.9. The SMILES string of the molecule is O=C(Cl)c1cc(-c2ccc(Br)cc2)nc2ccc(Br)cc12. The highest BCUT2D eigenvalue weighted by Gasteiger charge is 2.12. The number of rotatable bonds is 2. The van der Waals surface area contributed by atoms with Crippen LogP contribution in [0.5, 0.6) is 0 Å². The summed E-state index contributed by atoms with van der Waals surface area (Å²) in [6.45, 7) is 0. The Morgan fingerprint density at radius 3 is 2.29 bits per heavy atom. The molecule has 0 spiro atoms. The lowest BCUT2D eigenvalue weighted by Crippen LogP contribution is -1.95. The van der Waals surface area contributed by atoms with E-state index in [1.807, 2.05) is 42.5 Å². The second kappa shape index (κ2) is 5.87. The van der Waals surface area contributed by atoms with E-state index in [4.69, 9.17) is 11.6 Å². The number of halogens is 3. The molecule has 0 unspecified atom stereocenters. The molecule has 0 aliphatic heterocycles. The van der Waals surface area contributed by atoms with Crippen molar-refractivity contribution in [3.05, 3.63) is 63.0 Å². The Hall–Kier alpha value is -1.23. The summed E-state index contributed by atoms with van der Waals surface area (Å²) in [5.74, 6) is 0. The number of carbonyl (C=O) groups excluding carboxylic acids is 1. The van der Waals surface area contributed by atoms with Crippen LogP contribution in [0.4, 0.5) is 0 Å². The van der Waals surface area contributed by atoms with Crippen LogP contribution in [-0.2, 0) is 0 Å². The first-order valence-corrected chi connectivity index (χ1v) is 8.07. The zero-order valence-corrected chi connectivity index (χ0v) is 14.5. The lowest BCUT2D eigenvalue weighted by molar-refractivity contribution is 0.108. The first kappa shape index (κ1) is 14.7. The summed E-state index contributed by atoms with van der Waals surface area (Å²) in [5, 5.41) is 0.254. The fraction of sp³-hybridized carbons (Fsp3) is 0. The maximum absolute atomic E-state index is 11.7. The van der Waals surface area contributed by atoms with Gasteiger partial charge < -0.3 is 0 Å². The van der Waals surface area contributed by atoms with Gasteiger partial charge in [-0.05, 0) is 48.0 Å². The Labute approximate surface area is 143 Å². The van der Waals surface area contributed by atoms with Gasteiger partial charge in [-0.25, -0.2) is 4.98 Å². The van der Waals surface area contributed by atoms with Crippen molar-refractivity contribution in [2.24, 2.45) is 0 Å².